The predicted molar refractivity (Wildman–Crippen MR) is 95.0 cm³/mol. The molecule has 2 rings (SSSR count). The Bertz CT molecular complexity index is 729. The number of aliphatic hydroxyl groups excluding tert-OH is 1. The number of alkyl halides is 3. The van der Waals surface area contributed by atoms with Crippen molar-refractivity contribution in [3.05, 3.63) is 34.9 Å². The number of halogens is 4. The van der Waals surface area contributed by atoms with Crippen molar-refractivity contribution < 1.29 is 42.5 Å². The Morgan fingerprint density at radius 1 is 1.31 bits per heavy atom. The van der Waals surface area contributed by atoms with E-state index >= 15 is 0 Å². The van der Waals surface area contributed by atoms with Crippen LogP contribution in [0.3, 0.4) is 0 Å². The molecule has 0 spiro atoms. The SMILES string of the molecule is COC(=O)[C@@H]1C[C@@H](O)CN1C(=O)[C@H](N)Cc1ccc(Cl)cc1.O=C(O)C(F)(F)F. The van der Waals surface area contributed by atoms with Gasteiger partial charge in [-0.1, -0.05) is 23.7 Å². The fraction of sp³-hybridized carbons (Fsp3) is 0.471. The van der Waals surface area contributed by atoms with Crippen LogP contribution < -0.4 is 5.73 Å². The van der Waals surface area contributed by atoms with Crippen LogP contribution in [0, 0.1) is 0 Å². The zero-order valence-electron chi connectivity index (χ0n) is 15.2. The summed E-state index contributed by atoms with van der Waals surface area (Å²) >= 11 is 5.81. The van der Waals surface area contributed by atoms with Crippen molar-refractivity contribution in [1.82, 2.24) is 4.90 Å². The zero-order valence-corrected chi connectivity index (χ0v) is 16.0. The second-order valence-electron chi connectivity index (χ2n) is 6.16. The van der Waals surface area contributed by atoms with Crippen LogP contribution in [-0.2, 0) is 25.5 Å². The second kappa shape index (κ2) is 10.4. The third-order valence-corrected chi connectivity index (χ3v) is 4.22. The molecule has 4 N–H and O–H groups in total. The van der Waals surface area contributed by atoms with Gasteiger partial charge in [-0.15, -0.1) is 0 Å². The molecule has 8 nitrogen and oxygen atoms in total. The van der Waals surface area contributed by atoms with Gasteiger partial charge in [-0.3, -0.25) is 4.79 Å². The summed E-state index contributed by atoms with van der Waals surface area (Å²) in [6.45, 7) is 0.0902. The van der Waals surface area contributed by atoms with Gasteiger partial charge in [-0.25, -0.2) is 9.59 Å². The minimum Gasteiger partial charge on any atom is -0.475 e. The Morgan fingerprint density at radius 3 is 2.28 bits per heavy atom. The maximum Gasteiger partial charge on any atom is 0.490 e. The van der Waals surface area contributed by atoms with Gasteiger partial charge >= 0.3 is 18.1 Å². The summed E-state index contributed by atoms with van der Waals surface area (Å²) in [4.78, 5) is 34.4. The van der Waals surface area contributed by atoms with Crippen molar-refractivity contribution in [3.63, 3.8) is 0 Å². The van der Waals surface area contributed by atoms with E-state index in [4.69, 9.17) is 27.2 Å². The molecule has 0 aromatic heterocycles. The van der Waals surface area contributed by atoms with Crippen LogP contribution >= 0.6 is 11.6 Å². The smallest absolute Gasteiger partial charge is 0.475 e. The van der Waals surface area contributed by atoms with Gasteiger partial charge in [-0.05, 0) is 24.1 Å². The highest BCUT2D eigenvalue weighted by Crippen LogP contribution is 2.21. The first kappa shape index (κ1) is 24.7. The third-order valence-electron chi connectivity index (χ3n) is 3.96. The van der Waals surface area contributed by atoms with E-state index < -0.39 is 36.3 Å². The molecular formula is C17H20ClF3N2O6. The number of amides is 1. The second-order valence-corrected chi connectivity index (χ2v) is 6.60. The number of carboxylic acid groups (broad SMARTS) is 1. The van der Waals surface area contributed by atoms with Crippen LogP contribution in [0.15, 0.2) is 24.3 Å². The molecule has 3 atom stereocenters. The van der Waals surface area contributed by atoms with E-state index in [0.29, 0.717) is 11.4 Å². The molecule has 0 bridgehead atoms. The molecular weight excluding hydrogens is 421 g/mol. The summed E-state index contributed by atoms with van der Waals surface area (Å²) in [7, 11) is 1.25. The normalized spacial score (nSPS) is 19.8. The summed E-state index contributed by atoms with van der Waals surface area (Å²) in [5, 5.41) is 17.4. The Balaban J connectivity index is 0.000000516. The largest absolute Gasteiger partial charge is 0.490 e. The first-order chi connectivity index (χ1) is 13.4. The molecule has 0 radical (unpaired) electrons. The molecule has 1 amide bonds. The number of carbonyl (C=O) groups is 3. The molecule has 1 aliphatic heterocycles. The lowest BCUT2D eigenvalue weighted by atomic mass is 10.1. The lowest BCUT2D eigenvalue weighted by Crippen LogP contribution is -2.49. The fourth-order valence-corrected chi connectivity index (χ4v) is 2.72. The van der Waals surface area contributed by atoms with Gasteiger partial charge in [0.05, 0.1) is 19.3 Å². The molecule has 162 valence electrons. The van der Waals surface area contributed by atoms with E-state index in [1.54, 1.807) is 24.3 Å². The average molecular weight is 441 g/mol. The number of hydrogen-bond acceptors (Lipinski definition) is 6. The standard InChI is InChI=1S/C15H19ClN2O4.C2HF3O2/c1-22-15(21)13-7-11(19)8-18(13)14(20)12(17)6-9-2-4-10(16)5-3-9;3-2(4,5)1(6)7/h2-5,11-13,19H,6-8,17H2,1H3;(H,6,7)/t11-,12-,13+;/m1./s1. The van der Waals surface area contributed by atoms with Crippen LogP contribution in [0.1, 0.15) is 12.0 Å². The molecule has 0 saturated carbocycles. The molecule has 1 fully saturated rings. The van der Waals surface area contributed by atoms with Gasteiger partial charge in [0.15, 0.2) is 0 Å². The highest BCUT2D eigenvalue weighted by Gasteiger charge is 2.41. The third kappa shape index (κ3) is 7.52. The van der Waals surface area contributed by atoms with E-state index in [-0.39, 0.29) is 18.9 Å². The molecule has 0 aliphatic carbocycles. The molecule has 29 heavy (non-hydrogen) atoms. The predicted octanol–water partition coefficient (Wildman–Crippen LogP) is 0.978. The molecule has 1 aromatic carbocycles. The maximum absolute atomic E-state index is 12.4. The van der Waals surface area contributed by atoms with Crippen molar-refractivity contribution in [2.75, 3.05) is 13.7 Å². The summed E-state index contributed by atoms with van der Waals surface area (Å²) in [6, 6.07) is 5.48. The number of likely N-dealkylation sites (tertiary alicyclic amines) is 1. The first-order valence-electron chi connectivity index (χ1n) is 8.23. The number of esters is 1. The Kier molecular flexibility index (Phi) is 8.86. The molecule has 0 unspecified atom stereocenters. The Morgan fingerprint density at radius 2 is 1.83 bits per heavy atom. The number of rotatable bonds is 4. The van der Waals surface area contributed by atoms with Crippen molar-refractivity contribution in [1.29, 1.82) is 0 Å². The van der Waals surface area contributed by atoms with Crippen molar-refractivity contribution in [2.24, 2.45) is 5.73 Å². The van der Waals surface area contributed by atoms with E-state index in [1.807, 2.05) is 0 Å². The van der Waals surface area contributed by atoms with Gasteiger partial charge in [0.1, 0.15) is 6.04 Å². The highest BCUT2D eigenvalue weighted by atomic mass is 35.5. The number of benzene rings is 1. The minimum absolute atomic E-state index is 0.0902. The van der Waals surface area contributed by atoms with Crippen molar-refractivity contribution in [2.45, 2.75) is 37.2 Å². The lowest BCUT2D eigenvalue weighted by molar-refractivity contribution is -0.192. The summed E-state index contributed by atoms with van der Waals surface area (Å²) in [5.41, 5.74) is 6.83. The molecule has 12 heteroatoms. The molecule has 1 saturated heterocycles. The fourth-order valence-electron chi connectivity index (χ4n) is 2.59. The van der Waals surface area contributed by atoms with Crippen LogP contribution in [-0.4, -0.2) is 71.0 Å². The van der Waals surface area contributed by atoms with Gasteiger partial charge in [0, 0.05) is 18.0 Å². The maximum atomic E-state index is 12.4. The van der Waals surface area contributed by atoms with Crippen molar-refractivity contribution in [3.8, 4) is 0 Å². The number of nitrogens with zero attached hydrogens (tertiary/aromatic N) is 1. The van der Waals surface area contributed by atoms with Gasteiger partial charge in [-0.2, -0.15) is 13.2 Å². The van der Waals surface area contributed by atoms with Crippen LogP contribution in [0.5, 0.6) is 0 Å². The van der Waals surface area contributed by atoms with E-state index in [2.05, 4.69) is 4.74 Å². The number of β-amino-alcohol motifs (C(OH)–C–C–N with tert-alkyl or cyclic N) is 1. The van der Waals surface area contributed by atoms with Gasteiger partial charge in [0.25, 0.3) is 0 Å². The molecule has 1 aromatic rings. The van der Waals surface area contributed by atoms with Crippen LogP contribution in [0.2, 0.25) is 5.02 Å². The van der Waals surface area contributed by atoms with E-state index in [1.165, 1.54) is 12.0 Å². The highest BCUT2D eigenvalue weighted by molar-refractivity contribution is 6.30. The first-order valence-corrected chi connectivity index (χ1v) is 8.61. The Hall–Kier alpha value is -2.37. The monoisotopic (exact) mass is 440 g/mol. The van der Waals surface area contributed by atoms with E-state index in [0.717, 1.165) is 5.56 Å². The Labute approximate surface area is 169 Å². The summed E-state index contributed by atoms with van der Waals surface area (Å²) < 4.78 is 36.4. The number of aliphatic hydroxyl groups is 1. The van der Waals surface area contributed by atoms with Gasteiger partial charge < -0.3 is 25.6 Å². The number of carbonyl (C=O) groups excluding carboxylic acids is 2. The lowest BCUT2D eigenvalue weighted by Gasteiger charge is -2.25. The van der Waals surface area contributed by atoms with Crippen molar-refractivity contribution >= 4 is 29.4 Å². The number of hydrogen-bond donors (Lipinski definition) is 3. The summed E-state index contributed by atoms with van der Waals surface area (Å²) in [6.07, 6.45) is -5.32. The number of nitrogens with two attached hydrogens (primary N) is 1. The van der Waals surface area contributed by atoms with Crippen LogP contribution in [0.4, 0.5) is 13.2 Å². The van der Waals surface area contributed by atoms with E-state index in [9.17, 15) is 27.9 Å². The summed E-state index contributed by atoms with van der Waals surface area (Å²) in [5.74, 6) is -3.67. The van der Waals surface area contributed by atoms with Gasteiger partial charge in [0.2, 0.25) is 5.91 Å². The average Bonchev–Trinajstić information content (AvgIpc) is 3.03. The zero-order chi connectivity index (χ0) is 22.4. The topological polar surface area (TPSA) is 130 Å². The van der Waals surface area contributed by atoms with Crippen LogP contribution in [0.25, 0.3) is 0 Å². The minimum atomic E-state index is -5.08. The number of methoxy groups -OCH3 is 1. The molecule has 1 heterocycles. The molecule has 1 aliphatic rings. The number of carboxylic acids is 1. The number of aliphatic carboxylic acids is 1. The quantitative estimate of drug-likeness (QED) is 0.595. The number of ether oxygens (including phenoxy) is 1.